The highest BCUT2D eigenvalue weighted by molar-refractivity contribution is 7.49. The molecule has 0 saturated carbocycles. The number of aliphatic carboxylic acids is 1. The molecule has 0 amide bonds. The Labute approximate surface area is 104 Å². The summed E-state index contributed by atoms with van der Waals surface area (Å²) in [6.45, 7) is 0.177. The SMILES string of the molecule is NP(=O)(O)[N+](CCCl)(CCCl)CCC(=O)O. The number of carbonyl (C=O) groups is 1. The van der Waals surface area contributed by atoms with Crippen LogP contribution in [0.4, 0.5) is 0 Å². The van der Waals surface area contributed by atoms with Gasteiger partial charge in [0, 0.05) is 0 Å². The Kier molecular flexibility index (Phi) is 6.86. The van der Waals surface area contributed by atoms with Crippen LogP contribution in [0.2, 0.25) is 0 Å². The van der Waals surface area contributed by atoms with Crippen molar-refractivity contribution in [2.24, 2.45) is 5.50 Å². The van der Waals surface area contributed by atoms with E-state index in [1.54, 1.807) is 0 Å². The maximum atomic E-state index is 11.6. The Morgan fingerprint density at radius 3 is 1.94 bits per heavy atom. The van der Waals surface area contributed by atoms with Gasteiger partial charge in [-0.3, -0.25) is 9.69 Å². The van der Waals surface area contributed by atoms with E-state index in [4.69, 9.17) is 33.8 Å². The molecule has 0 spiro atoms. The third-order valence-corrected chi connectivity index (χ3v) is 4.51. The second kappa shape index (κ2) is 6.79. The van der Waals surface area contributed by atoms with Crippen LogP contribution in [0, 0.1) is 0 Å². The number of nitrogens with zero attached hydrogens (tertiary/aromatic N) is 1. The molecule has 0 fully saturated rings. The van der Waals surface area contributed by atoms with Crippen LogP contribution in [-0.4, -0.2) is 51.6 Å². The van der Waals surface area contributed by atoms with Gasteiger partial charge >= 0.3 is 13.6 Å². The van der Waals surface area contributed by atoms with Gasteiger partial charge in [0.15, 0.2) is 0 Å². The topological polar surface area (TPSA) is 101 Å². The van der Waals surface area contributed by atoms with Crippen LogP contribution in [0.15, 0.2) is 0 Å². The molecule has 1 atom stereocenters. The summed E-state index contributed by atoms with van der Waals surface area (Å²) in [6.07, 6.45) is -0.254. The minimum atomic E-state index is -3.99. The maximum absolute atomic E-state index is 11.6. The summed E-state index contributed by atoms with van der Waals surface area (Å²) in [4.78, 5) is 20.0. The van der Waals surface area contributed by atoms with E-state index in [0.717, 1.165) is 0 Å². The average molecular weight is 294 g/mol. The Hall–Kier alpha value is 0.160. The number of halogens is 2. The summed E-state index contributed by atoms with van der Waals surface area (Å²) >= 11 is 11.1. The van der Waals surface area contributed by atoms with E-state index in [-0.39, 0.29) is 37.8 Å². The third kappa shape index (κ3) is 4.57. The molecule has 6 nitrogen and oxygen atoms in total. The molecule has 4 N–H and O–H groups in total. The van der Waals surface area contributed by atoms with Crippen LogP contribution in [-0.2, 0) is 9.36 Å². The lowest BCUT2D eigenvalue weighted by Gasteiger charge is -2.37. The number of hydrogen-bond acceptors (Lipinski definition) is 2. The Morgan fingerprint density at radius 2 is 1.69 bits per heavy atom. The second-order valence-corrected chi connectivity index (χ2v) is 6.16. The smallest absolute Gasteiger partial charge is 0.455 e. The Bertz CT molecular complexity index is 278. The summed E-state index contributed by atoms with van der Waals surface area (Å²) < 4.78 is 11.2. The van der Waals surface area contributed by atoms with Crippen LogP contribution in [0.5, 0.6) is 0 Å². The lowest BCUT2D eigenvalue weighted by molar-refractivity contribution is -0.813. The molecular formula is C7H16Cl2N2O4P+. The van der Waals surface area contributed by atoms with Crippen molar-refractivity contribution in [3.63, 3.8) is 0 Å². The molecule has 0 aliphatic rings. The maximum Gasteiger partial charge on any atom is 0.455 e. The van der Waals surface area contributed by atoms with Crippen molar-refractivity contribution < 1.29 is 23.6 Å². The minimum Gasteiger partial charge on any atom is -0.481 e. The van der Waals surface area contributed by atoms with E-state index >= 15 is 0 Å². The van der Waals surface area contributed by atoms with E-state index in [0.29, 0.717) is 0 Å². The van der Waals surface area contributed by atoms with Gasteiger partial charge in [0.05, 0.1) is 37.8 Å². The largest absolute Gasteiger partial charge is 0.481 e. The fourth-order valence-electron chi connectivity index (χ4n) is 1.38. The van der Waals surface area contributed by atoms with Crippen molar-refractivity contribution >= 4 is 36.8 Å². The van der Waals surface area contributed by atoms with Crippen molar-refractivity contribution in [2.45, 2.75) is 6.42 Å². The van der Waals surface area contributed by atoms with Gasteiger partial charge in [0.2, 0.25) is 0 Å². The molecule has 96 valence electrons. The lowest BCUT2D eigenvalue weighted by Crippen LogP contribution is -2.50. The van der Waals surface area contributed by atoms with Crippen LogP contribution >= 0.6 is 30.9 Å². The highest BCUT2D eigenvalue weighted by Crippen LogP contribution is 2.44. The fraction of sp³-hybridized carbons (Fsp3) is 0.857. The van der Waals surface area contributed by atoms with Crippen molar-refractivity contribution in [2.75, 3.05) is 31.4 Å². The zero-order chi connectivity index (χ0) is 12.8. The first kappa shape index (κ1) is 16.2. The van der Waals surface area contributed by atoms with Gasteiger partial charge in [-0.15, -0.1) is 23.2 Å². The van der Waals surface area contributed by atoms with Gasteiger partial charge in [-0.1, -0.05) is 0 Å². The Balaban J connectivity index is 4.93. The summed E-state index contributed by atoms with van der Waals surface area (Å²) in [7, 11) is -3.99. The van der Waals surface area contributed by atoms with Gasteiger partial charge in [-0.2, -0.15) is 0 Å². The summed E-state index contributed by atoms with van der Waals surface area (Å²) in [5.41, 5.74) is 5.25. The third-order valence-electron chi connectivity index (χ3n) is 2.35. The highest BCUT2D eigenvalue weighted by atomic mass is 35.5. The molecule has 0 aromatic rings. The van der Waals surface area contributed by atoms with Crippen LogP contribution < -0.4 is 5.50 Å². The molecule has 16 heavy (non-hydrogen) atoms. The standard InChI is InChI=1S/C7H15Cl2N2O4P/c8-2-5-11(6-3-9,16(10,14)15)4-1-7(12)13/h1-6H2,(H3-,10,12,13,14,15)/p+1. The number of nitrogens with two attached hydrogens (primary N) is 1. The van der Waals surface area contributed by atoms with Gasteiger partial charge in [0.1, 0.15) is 0 Å². The van der Waals surface area contributed by atoms with Crippen molar-refractivity contribution in [3.8, 4) is 0 Å². The number of quaternary nitrogens is 1. The van der Waals surface area contributed by atoms with Crippen LogP contribution in [0.3, 0.4) is 0 Å². The van der Waals surface area contributed by atoms with E-state index in [9.17, 15) is 14.3 Å². The summed E-state index contributed by atoms with van der Waals surface area (Å²) in [5, 5.41) is 8.59. The molecule has 0 bridgehead atoms. The van der Waals surface area contributed by atoms with E-state index in [1.807, 2.05) is 0 Å². The van der Waals surface area contributed by atoms with E-state index < -0.39 is 17.9 Å². The lowest BCUT2D eigenvalue weighted by atomic mass is 10.4. The van der Waals surface area contributed by atoms with Gasteiger partial charge in [-0.05, 0) is 0 Å². The van der Waals surface area contributed by atoms with Crippen LogP contribution in [0.1, 0.15) is 6.42 Å². The van der Waals surface area contributed by atoms with Crippen LogP contribution in [0.25, 0.3) is 0 Å². The fourth-order valence-corrected chi connectivity index (χ4v) is 3.43. The van der Waals surface area contributed by atoms with Gasteiger partial charge in [-0.25, -0.2) is 14.3 Å². The molecule has 0 rings (SSSR count). The molecule has 0 saturated heterocycles. The first-order valence-electron chi connectivity index (χ1n) is 4.61. The number of carboxylic acids is 1. The zero-order valence-corrected chi connectivity index (χ0v) is 11.1. The van der Waals surface area contributed by atoms with Crippen molar-refractivity contribution in [1.82, 2.24) is 0 Å². The van der Waals surface area contributed by atoms with Crippen molar-refractivity contribution in [1.29, 1.82) is 0 Å². The summed E-state index contributed by atoms with van der Waals surface area (Å²) in [6, 6.07) is 0. The summed E-state index contributed by atoms with van der Waals surface area (Å²) in [5.74, 6) is -0.837. The molecule has 0 heterocycles. The highest BCUT2D eigenvalue weighted by Gasteiger charge is 2.42. The predicted octanol–water partition coefficient (Wildman–Crippen LogP) is 0.815. The molecule has 0 aliphatic heterocycles. The quantitative estimate of drug-likeness (QED) is 0.454. The monoisotopic (exact) mass is 293 g/mol. The second-order valence-electron chi connectivity index (χ2n) is 3.38. The number of carboxylic acid groups (broad SMARTS) is 1. The molecule has 0 radical (unpaired) electrons. The first-order valence-corrected chi connectivity index (χ1v) is 7.36. The van der Waals surface area contributed by atoms with Crippen molar-refractivity contribution in [3.05, 3.63) is 0 Å². The molecule has 0 aromatic heterocycles. The molecule has 0 aromatic carbocycles. The van der Waals surface area contributed by atoms with E-state index in [1.165, 1.54) is 0 Å². The zero-order valence-electron chi connectivity index (χ0n) is 8.68. The molecular weight excluding hydrogens is 278 g/mol. The molecule has 1 unspecified atom stereocenters. The number of alkyl halides is 2. The predicted molar refractivity (Wildman–Crippen MR) is 62.6 cm³/mol. The average Bonchev–Trinajstić information content (AvgIpc) is 2.13. The van der Waals surface area contributed by atoms with E-state index in [2.05, 4.69) is 0 Å². The first-order chi connectivity index (χ1) is 7.29. The minimum absolute atomic E-state index is 0.0565. The number of hydrogen-bond donors (Lipinski definition) is 3. The molecule has 0 aliphatic carbocycles. The number of rotatable bonds is 8. The normalized spacial score (nSPS) is 15.8. The van der Waals surface area contributed by atoms with Gasteiger partial charge < -0.3 is 5.11 Å². The Morgan fingerprint density at radius 1 is 1.25 bits per heavy atom. The van der Waals surface area contributed by atoms with Gasteiger partial charge in [0.25, 0.3) is 0 Å². The molecule has 9 heteroatoms.